The number of likely N-dealkylation sites (N-methyl/N-ethyl adjacent to an activating group) is 1. The summed E-state index contributed by atoms with van der Waals surface area (Å²) in [5.74, 6) is -2.21. The van der Waals surface area contributed by atoms with E-state index in [1.165, 1.54) is 23.9 Å². The van der Waals surface area contributed by atoms with Gasteiger partial charge in [0.2, 0.25) is 11.8 Å². The average Bonchev–Trinajstić information content (AvgIpc) is 3.02. The van der Waals surface area contributed by atoms with Gasteiger partial charge in [-0.3, -0.25) is 14.4 Å². The molecule has 0 spiro atoms. The Morgan fingerprint density at radius 3 is 2.39 bits per heavy atom. The third-order valence-electron chi connectivity index (χ3n) is 7.90. The van der Waals surface area contributed by atoms with Crippen molar-refractivity contribution in [1.29, 1.82) is 0 Å². The number of fused-ring (bicyclic) bond motifs is 1. The fraction of sp³-hybridized carbons (Fsp3) is 0.219. The minimum atomic E-state index is -4.48. The highest BCUT2D eigenvalue weighted by Gasteiger charge is 2.23. The van der Waals surface area contributed by atoms with Gasteiger partial charge < -0.3 is 15.4 Å². The van der Waals surface area contributed by atoms with Crippen molar-refractivity contribution in [2.45, 2.75) is 11.4 Å². The number of rotatable bonds is 8. The fourth-order valence-electron chi connectivity index (χ4n) is 5.39. The SMILES string of the molecule is COc1ncc(-c2ccc3nc(N)n(-c4ccc(CN5CCN(C)CC5)cc4)c(=O)c3c2)cc1NS(=O)(=O)c1ccc(F)cc1F. The number of benzene rings is 3. The molecular weight excluding hydrogens is 616 g/mol. The van der Waals surface area contributed by atoms with E-state index in [0.29, 0.717) is 28.4 Å². The smallest absolute Gasteiger partial charge is 0.267 e. The third-order valence-corrected chi connectivity index (χ3v) is 9.30. The van der Waals surface area contributed by atoms with E-state index in [1.807, 2.05) is 24.3 Å². The maximum atomic E-state index is 14.3. The number of hydrogen-bond donors (Lipinski definition) is 2. The number of anilines is 2. The molecule has 14 heteroatoms. The lowest BCUT2D eigenvalue weighted by atomic mass is 10.0. The minimum absolute atomic E-state index is 0.0351. The summed E-state index contributed by atoms with van der Waals surface area (Å²) in [7, 11) is -1.07. The molecular formula is C32H31F2N7O4S. The van der Waals surface area contributed by atoms with E-state index in [4.69, 9.17) is 10.5 Å². The Balaban J connectivity index is 1.32. The first-order valence-electron chi connectivity index (χ1n) is 14.4. The predicted octanol–water partition coefficient (Wildman–Crippen LogP) is 3.86. The number of nitrogen functional groups attached to an aromatic ring is 1. The predicted molar refractivity (Wildman–Crippen MR) is 171 cm³/mol. The summed E-state index contributed by atoms with van der Waals surface area (Å²) in [5.41, 5.74) is 8.79. The van der Waals surface area contributed by atoms with Crippen molar-refractivity contribution < 1.29 is 21.9 Å². The molecule has 0 unspecified atom stereocenters. The van der Waals surface area contributed by atoms with Gasteiger partial charge in [0.15, 0.2) is 0 Å². The Bertz CT molecular complexity index is 2100. The van der Waals surface area contributed by atoms with E-state index < -0.39 is 26.6 Å². The largest absolute Gasteiger partial charge is 0.480 e. The van der Waals surface area contributed by atoms with Gasteiger partial charge in [-0.1, -0.05) is 18.2 Å². The number of nitrogens with zero attached hydrogens (tertiary/aromatic N) is 5. The molecule has 46 heavy (non-hydrogen) atoms. The first-order chi connectivity index (χ1) is 22.0. The van der Waals surface area contributed by atoms with Crippen molar-refractivity contribution in [2.75, 3.05) is 50.8 Å². The molecule has 11 nitrogen and oxygen atoms in total. The Kier molecular flexibility index (Phi) is 8.42. The van der Waals surface area contributed by atoms with Gasteiger partial charge in [0.1, 0.15) is 22.2 Å². The van der Waals surface area contributed by atoms with Crippen LogP contribution in [0.3, 0.4) is 0 Å². The average molecular weight is 648 g/mol. The number of hydrogen-bond acceptors (Lipinski definition) is 9. The third kappa shape index (κ3) is 6.27. The van der Waals surface area contributed by atoms with Gasteiger partial charge in [0, 0.05) is 50.6 Å². The highest BCUT2D eigenvalue weighted by atomic mass is 32.2. The number of sulfonamides is 1. The summed E-state index contributed by atoms with van der Waals surface area (Å²) >= 11 is 0. The summed E-state index contributed by atoms with van der Waals surface area (Å²) in [6.07, 6.45) is 1.44. The lowest BCUT2D eigenvalue weighted by Crippen LogP contribution is -2.43. The topological polar surface area (TPSA) is 136 Å². The molecule has 3 aromatic carbocycles. The van der Waals surface area contributed by atoms with Crippen LogP contribution in [0.5, 0.6) is 5.88 Å². The summed E-state index contributed by atoms with van der Waals surface area (Å²) in [6, 6.07) is 16.2. The molecule has 5 aromatic rings. The Morgan fingerprint density at radius 2 is 1.70 bits per heavy atom. The van der Waals surface area contributed by atoms with E-state index in [0.717, 1.165) is 50.4 Å². The van der Waals surface area contributed by atoms with Crippen LogP contribution in [0, 0.1) is 11.6 Å². The maximum absolute atomic E-state index is 14.3. The zero-order valence-corrected chi connectivity index (χ0v) is 25.9. The number of piperazine rings is 1. The van der Waals surface area contributed by atoms with Crippen LogP contribution >= 0.6 is 0 Å². The normalized spacial score (nSPS) is 14.4. The van der Waals surface area contributed by atoms with Crippen LogP contribution in [0.2, 0.25) is 0 Å². The van der Waals surface area contributed by atoms with Crippen molar-refractivity contribution in [1.82, 2.24) is 24.3 Å². The molecule has 2 aromatic heterocycles. The van der Waals surface area contributed by atoms with Gasteiger partial charge in [-0.25, -0.2) is 31.7 Å². The molecule has 3 N–H and O–H groups in total. The summed E-state index contributed by atoms with van der Waals surface area (Å²) in [4.78, 5) is 26.4. The van der Waals surface area contributed by atoms with E-state index in [1.54, 1.807) is 18.2 Å². The second kappa shape index (κ2) is 12.5. The molecule has 238 valence electrons. The number of nitrogens with two attached hydrogens (primary N) is 1. The molecule has 0 aliphatic carbocycles. The Morgan fingerprint density at radius 1 is 0.957 bits per heavy atom. The van der Waals surface area contributed by atoms with Crippen molar-refractivity contribution >= 4 is 32.6 Å². The second-order valence-electron chi connectivity index (χ2n) is 11.0. The number of pyridine rings is 1. The van der Waals surface area contributed by atoms with Crippen LogP contribution in [-0.4, -0.2) is 73.1 Å². The number of ether oxygens (including phenoxy) is 1. The van der Waals surface area contributed by atoms with Gasteiger partial charge >= 0.3 is 0 Å². The monoisotopic (exact) mass is 647 g/mol. The molecule has 0 bridgehead atoms. The Labute approximate surface area is 263 Å². The van der Waals surface area contributed by atoms with Crippen LogP contribution in [0.15, 0.2) is 82.6 Å². The van der Waals surface area contributed by atoms with Gasteiger partial charge in [-0.05, 0) is 60.6 Å². The number of methoxy groups -OCH3 is 1. The first-order valence-corrected chi connectivity index (χ1v) is 15.9. The van der Waals surface area contributed by atoms with Crippen LogP contribution in [0.1, 0.15) is 5.56 Å². The fourth-order valence-corrected chi connectivity index (χ4v) is 6.49. The van der Waals surface area contributed by atoms with E-state index in [-0.39, 0.29) is 28.5 Å². The standard InChI is InChI=1S/C32H31F2N7O4S/c1-39-11-13-40(14-12-39)19-20-3-7-24(8-4-20)41-31(42)25-15-21(5-9-27(25)37-32(41)35)22-16-28(30(45-2)36-18-22)38-46(43,44)29-10-6-23(33)17-26(29)34/h3-10,15-18,38H,11-14,19H2,1-2H3,(H2,35,37). The highest BCUT2D eigenvalue weighted by Crippen LogP contribution is 2.32. The quantitative estimate of drug-likeness (QED) is 0.257. The molecule has 1 aliphatic heterocycles. The maximum Gasteiger partial charge on any atom is 0.267 e. The van der Waals surface area contributed by atoms with Crippen LogP contribution in [0.25, 0.3) is 27.7 Å². The molecule has 3 heterocycles. The van der Waals surface area contributed by atoms with Crippen molar-refractivity contribution in [3.05, 3.63) is 100 Å². The number of aromatic nitrogens is 3. The zero-order chi connectivity index (χ0) is 32.6. The summed E-state index contributed by atoms with van der Waals surface area (Å²) in [5, 5.41) is 0.277. The zero-order valence-electron chi connectivity index (χ0n) is 25.1. The number of nitrogens with one attached hydrogen (secondary N) is 1. The lowest BCUT2D eigenvalue weighted by Gasteiger charge is -2.32. The first kappa shape index (κ1) is 31.1. The molecule has 0 atom stereocenters. The molecule has 1 fully saturated rings. The summed E-state index contributed by atoms with van der Waals surface area (Å²) < 4.78 is 62.5. The van der Waals surface area contributed by atoms with Crippen molar-refractivity contribution in [3.8, 4) is 22.7 Å². The van der Waals surface area contributed by atoms with Crippen molar-refractivity contribution in [2.24, 2.45) is 0 Å². The number of halogens is 2. The van der Waals surface area contributed by atoms with E-state index in [2.05, 4.69) is 31.5 Å². The van der Waals surface area contributed by atoms with Crippen LogP contribution in [-0.2, 0) is 16.6 Å². The van der Waals surface area contributed by atoms with Crippen LogP contribution in [0.4, 0.5) is 20.4 Å². The molecule has 6 rings (SSSR count). The van der Waals surface area contributed by atoms with Gasteiger partial charge in [0.05, 0.1) is 23.7 Å². The van der Waals surface area contributed by atoms with Crippen molar-refractivity contribution in [3.63, 3.8) is 0 Å². The molecule has 1 saturated heterocycles. The van der Waals surface area contributed by atoms with Gasteiger partial charge in [0.25, 0.3) is 15.6 Å². The molecule has 0 saturated carbocycles. The lowest BCUT2D eigenvalue weighted by molar-refractivity contribution is 0.148. The Hall–Kier alpha value is -4.92. The van der Waals surface area contributed by atoms with E-state index >= 15 is 0 Å². The highest BCUT2D eigenvalue weighted by molar-refractivity contribution is 7.92. The van der Waals surface area contributed by atoms with Gasteiger partial charge in [-0.2, -0.15) is 0 Å². The van der Waals surface area contributed by atoms with Gasteiger partial charge in [-0.15, -0.1) is 0 Å². The second-order valence-corrected chi connectivity index (χ2v) is 12.7. The molecule has 0 radical (unpaired) electrons. The minimum Gasteiger partial charge on any atom is -0.480 e. The van der Waals surface area contributed by atoms with E-state index in [9.17, 15) is 22.0 Å². The van der Waals surface area contributed by atoms with Crippen LogP contribution < -0.4 is 20.8 Å². The molecule has 0 amide bonds. The molecule has 1 aliphatic rings. The summed E-state index contributed by atoms with van der Waals surface area (Å²) in [6.45, 7) is 4.84.